The summed E-state index contributed by atoms with van der Waals surface area (Å²) in [7, 11) is 0. The quantitative estimate of drug-likeness (QED) is 0.908. The molecule has 0 radical (unpaired) electrons. The van der Waals surface area contributed by atoms with Crippen molar-refractivity contribution < 1.29 is 0 Å². The molecule has 0 bridgehead atoms. The van der Waals surface area contributed by atoms with Gasteiger partial charge in [-0.25, -0.2) is 0 Å². The highest BCUT2D eigenvalue weighted by Gasteiger charge is 2.31. The Morgan fingerprint density at radius 2 is 1.80 bits per heavy atom. The molecule has 0 spiro atoms. The number of fused-ring (bicyclic) bond motifs is 1. The SMILES string of the molecule is c1ccc2c(c1)CCC(N1CCCC(NC3CC3)C1)C2. The van der Waals surface area contributed by atoms with Crippen molar-refractivity contribution in [2.75, 3.05) is 13.1 Å². The summed E-state index contributed by atoms with van der Waals surface area (Å²) in [5, 5.41) is 3.84. The van der Waals surface area contributed by atoms with Gasteiger partial charge in [-0.1, -0.05) is 24.3 Å². The van der Waals surface area contributed by atoms with E-state index in [0.29, 0.717) is 0 Å². The molecule has 20 heavy (non-hydrogen) atoms. The van der Waals surface area contributed by atoms with Gasteiger partial charge >= 0.3 is 0 Å². The summed E-state index contributed by atoms with van der Waals surface area (Å²) in [5.41, 5.74) is 3.19. The lowest BCUT2D eigenvalue weighted by Gasteiger charge is -2.40. The standard InChI is InChI=1S/C18H26N2/c1-2-5-15-12-18(10-7-14(15)4-1)20-11-3-6-17(13-20)19-16-8-9-16/h1-2,4-5,16-19H,3,6-13H2. The molecule has 1 saturated carbocycles. The predicted molar refractivity (Wildman–Crippen MR) is 83.0 cm³/mol. The maximum absolute atomic E-state index is 3.84. The first-order chi connectivity index (χ1) is 9.88. The van der Waals surface area contributed by atoms with Crippen LogP contribution in [0.25, 0.3) is 0 Å². The number of piperidine rings is 1. The Kier molecular flexibility index (Phi) is 3.53. The zero-order chi connectivity index (χ0) is 13.4. The summed E-state index contributed by atoms with van der Waals surface area (Å²) in [6, 6.07) is 11.4. The van der Waals surface area contributed by atoms with Crippen molar-refractivity contribution in [1.29, 1.82) is 0 Å². The highest BCUT2D eigenvalue weighted by Crippen LogP contribution is 2.27. The largest absolute Gasteiger partial charge is 0.310 e. The van der Waals surface area contributed by atoms with Gasteiger partial charge in [0.25, 0.3) is 0 Å². The molecule has 2 heteroatoms. The van der Waals surface area contributed by atoms with Crippen molar-refractivity contribution in [2.45, 2.75) is 63.1 Å². The lowest BCUT2D eigenvalue weighted by molar-refractivity contribution is 0.125. The van der Waals surface area contributed by atoms with Crippen LogP contribution in [0.5, 0.6) is 0 Å². The number of nitrogens with zero attached hydrogens (tertiary/aromatic N) is 1. The second kappa shape index (κ2) is 5.50. The molecule has 3 aliphatic rings. The third-order valence-electron chi connectivity index (χ3n) is 5.34. The van der Waals surface area contributed by atoms with Crippen LogP contribution in [-0.2, 0) is 12.8 Å². The minimum absolute atomic E-state index is 0.758. The van der Waals surface area contributed by atoms with Crippen molar-refractivity contribution in [3.63, 3.8) is 0 Å². The first-order valence-corrected chi connectivity index (χ1v) is 8.45. The first-order valence-electron chi connectivity index (χ1n) is 8.45. The third-order valence-corrected chi connectivity index (χ3v) is 5.34. The van der Waals surface area contributed by atoms with Crippen LogP contribution in [0.4, 0.5) is 0 Å². The average molecular weight is 270 g/mol. The van der Waals surface area contributed by atoms with E-state index in [1.807, 2.05) is 0 Å². The summed E-state index contributed by atoms with van der Waals surface area (Å²) in [6.45, 7) is 2.60. The molecule has 4 rings (SSSR count). The number of benzene rings is 1. The molecule has 1 saturated heterocycles. The molecule has 2 atom stereocenters. The van der Waals surface area contributed by atoms with E-state index in [1.165, 1.54) is 58.0 Å². The number of hydrogen-bond donors (Lipinski definition) is 1. The zero-order valence-electron chi connectivity index (χ0n) is 12.4. The molecular formula is C18H26N2. The van der Waals surface area contributed by atoms with Gasteiger partial charge in [0, 0.05) is 24.7 Å². The Hall–Kier alpha value is -0.860. The highest BCUT2D eigenvalue weighted by molar-refractivity contribution is 5.30. The monoisotopic (exact) mass is 270 g/mol. The molecule has 1 aromatic carbocycles. The van der Waals surface area contributed by atoms with Gasteiger partial charge in [0.2, 0.25) is 0 Å². The van der Waals surface area contributed by atoms with E-state index in [1.54, 1.807) is 11.1 Å². The van der Waals surface area contributed by atoms with Gasteiger partial charge < -0.3 is 5.32 Å². The molecule has 1 N–H and O–H groups in total. The van der Waals surface area contributed by atoms with E-state index in [0.717, 1.165) is 18.1 Å². The maximum Gasteiger partial charge on any atom is 0.0198 e. The molecule has 0 amide bonds. The van der Waals surface area contributed by atoms with Crippen molar-refractivity contribution >= 4 is 0 Å². The molecule has 1 aromatic rings. The molecule has 0 aromatic heterocycles. The van der Waals surface area contributed by atoms with Crippen LogP contribution in [0.3, 0.4) is 0 Å². The maximum atomic E-state index is 3.84. The smallest absolute Gasteiger partial charge is 0.0198 e. The van der Waals surface area contributed by atoms with Crippen LogP contribution in [0.15, 0.2) is 24.3 Å². The third kappa shape index (κ3) is 2.77. The summed E-state index contributed by atoms with van der Waals surface area (Å²) < 4.78 is 0. The van der Waals surface area contributed by atoms with E-state index in [9.17, 15) is 0 Å². The fourth-order valence-electron chi connectivity index (χ4n) is 4.05. The van der Waals surface area contributed by atoms with Crippen LogP contribution < -0.4 is 5.32 Å². The van der Waals surface area contributed by atoms with E-state index in [4.69, 9.17) is 0 Å². The molecule has 2 fully saturated rings. The van der Waals surface area contributed by atoms with Crippen LogP contribution in [0, 0.1) is 0 Å². The van der Waals surface area contributed by atoms with Gasteiger partial charge in [-0.15, -0.1) is 0 Å². The number of likely N-dealkylation sites (tertiary alicyclic amines) is 1. The Balaban J connectivity index is 1.40. The number of aryl methyl sites for hydroxylation is 1. The number of nitrogens with one attached hydrogen (secondary N) is 1. The van der Waals surface area contributed by atoms with E-state index in [-0.39, 0.29) is 0 Å². The first kappa shape index (κ1) is 12.8. The van der Waals surface area contributed by atoms with Gasteiger partial charge in [0.1, 0.15) is 0 Å². The van der Waals surface area contributed by atoms with Crippen molar-refractivity contribution in [3.05, 3.63) is 35.4 Å². The topological polar surface area (TPSA) is 15.3 Å². The Labute approximate surface area is 122 Å². The van der Waals surface area contributed by atoms with Crippen LogP contribution >= 0.6 is 0 Å². The Bertz CT molecular complexity index is 466. The second-order valence-corrected chi connectivity index (χ2v) is 6.94. The minimum Gasteiger partial charge on any atom is -0.310 e. The van der Waals surface area contributed by atoms with Crippen LogP contribution in [0.2, 0.25) is 0 Å². The molecule has 108 valence electrons. The second-order valence-electron chi connectivity index (χ2n) is 6.94. The summed E-state index contributed by atoms with van der Waals surface area (Å²) in [4.78, 5) is 2.78. The van der Waals surface area contributed by atoms with Gasteiger partial charge in [-0.05, 0) is 62.6 Å². The Morgan fingerprint density at radius 3 is 2.65 bits per heavy atom. The molecule has 2 unspecified atom stereocenters. The normalized spacial score (nSPS) is 31.0. The number of rotatable bonds is 3. The van der Waals surface area contributed by atoms with Gasteiger partial charge in [-0.2, -0.15) is 0 Å². The highest BCUT2D eigenvalue weighted by atomic mass is 15.2. The minimum atomic E-state index is 0.758. The molecule has 2 nitrogen and oxygen atoms in total. The lowest BCUT2D eigenvalue weighted by Crippen LogP contribution is -2.51. The fourth-order valence-corrected chi connectivity index (χ4v) is 4.05. The van der Waals surface area contributed by atoms with Gasteiger partial charge in [-0.3, -0.25) is 4.90 Å². The zero-order valence-corrected chi connectivity index (χ0v) is 12.4. The Morgan fingerprint density at radius 1 is 0.950 bits per heavy atom. The van der Waals surface area contributed by atoms with E-state index < -0.39 is 0 Å². The van der Waals surface area contributed by atoms with Gasteiger partial charge in [0.15, 0.2) is 0 Å². The molecule has 1 heterocycles. The summed E-state index contributed by atoms with van der Waals surface area (Å²) >= 11 is 0. The summed E-state index contributed by atoms with van der Waals surface area (Å²) in [6.07, 6.45) is 9.48. The summed E-state index contributed by atoms with van der Waals surface area (Å²) in [5.74, 6) is 0. The van der Waals surface area contributed by atoms with Crippen molar-refractivity contribution in [3.8, 4) is 0 Å². The molecular weight excluding hydrogens is 244 g/mol. The van der Waals surface area contributed by atoms with E-state index in [2.05, 4.69) is 34.5 Å². The van der Waals surface area contributed by atoms with E-state index >= 15 is 0 Å². The fraction of sp³-hybridized carbons (Fsp3) is 0.667. The number of hydrogen-bond acceptors (Lipinski definition) is 2. The van der Waals surface area contributed by atoms with Crippen molar-refractivity contribution in [2.24, 2.45) is 0 Å². The molecule has 2 aliphatic carbocycles. The van der Waals surface area contributed by atoms with Crippen LogP contribution in [-0.4, -0.2) is 36.1 Å². The van der Waals surface area contributed by atoms with Crippen LogP contribution in [0.1, 0.15) is 43.2 Å². The average Bonchev–Trinajstić information content (AvgIpc) is 3.31. The van der Waals surface area contributed by atoms with Gasteiger partial charge in [0.05, 0.1) is 0 Å². The van der Waals surface area contributed by atoms with Crippen molar-refractivity contribution in [1.82, 2.24) is 10.2 Å². The predicted octanol–water partition coefficient (Wildman–Crippen LogP) is 2.76. The molecule has 1 aliphatic heterocycles. The lowest BCUT2D eigenvalue weighted by atomic mass is 9.86.